The number of aromatic nitrogens is 2. The number of ether oxygens (including phenoxy) is 1. The van der Waals surface area contributed by atoms with Crippen LogP contribution in [0.15, 0.2) is 12.4 Å². The predicted molar refractivity (Wildman–Crippen MR) is 37.3 cm³/mol. The highest BCUT2D eigenvalue weighted by Gasteiger charge is 2.31. The Bertz CT molecular complexity index is 278. The van der Waals surface area contributed by atoms with Gasteiger partial charge < -0.3 is 17.7 Å². The summed E-state index contributed by atoms with van der Waals surface area (Å²) >= 11 is 0. The number of hydrogen-bond donors (Lipinski definition) is 0. The maximum absolute atomic E-state index is 12.1. The third-order valence-corrected chi connectivity index (χ3v) is 1.19. The lowest BCUT2D eigenvalue weighted by molar-refractivity contribution is 0.394. The molecule has 0 aromatic carbocycles. The third-order valence-electron chi connectivity index (χ3n) is 1.19. The molecule has 0 atom stereocenters. The molecule has 0 radical (unpaired) electrons. The topological polar surface area (TPSA) is 35.0 Å². The van der Waals surface area contributed by atoms with Gasteiger partial charge in [0.2, 0.25) is 5.88 Å². The number of methoxy groups -OCH3 is 1. The molecule has 0 unspecified atom stereocenters. The molecular formula is C5H5BF3N2O-. The van der Waals surface area contributed by atoms with Crippen molar-refractivity contribution in [2.45, 2.75) is 0 Å². The van der Waals surface area contributed by atoms with Crippen LogP contribution < -0.4 is 10.3 Å². The summed E-state index contributed by atoms with van der Waals surface area (Å²) in [5.41, 5.74) is -1.04. The lowest BCUT2D eigenvalue weighted by Crippen LogP contribution is -2.38. The highest BCUT2D eigenvalue weighted by Crippen LogP contribution is 2.12. The Morgan fingerprint density at radius 1 is 1.25 bits per heavy atom. The zero-order valence-electron chi connectivity index (χ0n) is 6.17. The van der Waals surface area contributed by atoms with Gasteiger partial charge in [-0.1, -0.05) is 0 Å². The fourth-order valence-corrected chi connectivity index (χ4v) is 0.718. The van der Waals surface area contributed by atoms with E-state index < -0.39 is 18.5 Å². The summed E-state index contributed by atoms with van der Waals surface area (Å²) in [6, 6.07) is 0. The van der Waals surface area contributed by atoms with Gasteiger partial charge in [0.05, 0.1) is 7.11 Å². The van der Waals surface area contributed by atoms with Crippen molar-refractivity contribution in [1.82, 2.24) is 9.97 Å². The number of nitrogens with zero attached hydrogens (tertiary/aromatic N) is 2. The summed E-state index contributed by atoms with van der Waals surface area (Å²) in [4.78, 5) is 6.51. The van der Waals surface area contributed by atoms with Crippen LogP contribution >= 0.6 is 0 Å². The van der Waals surface area contributed by atoms with Crippen LogP contribution in [-0.2, 0) is 0 Å². The molecule has 1 aromatic rings. The number of rotatable bonds is 2. The van der Waals surface area contributed by atoms with E-state index in [2.05, 4.69) is 14.7 Å². The van der Waals surface area contributed by atoms with Crippen LogP contribution in [-0.4, -0.2) is 24.1 Å². The molecule has 1 aromatic heterocycles. The smallest absolute Gasteiger partial charge is 0.482 e. The molecule has 0 N–H and O–H groups in total. The van der Waals surface area contributed by atoms with Gasteiger partial charge in [0.1, 0.15) is 0 Å². The average Bonchev–Trinajstić information content (AvgIpc) is 2.03. The molecule has 0 fully saturated rings. The summed E-state index contributed by atoms with van der Waals surface area (Å²) in [6.07, 6.45) is 2.12. The van der Waals surface area contributed by atoms with Crippen molar-refractivity contribution in [1.29, 1.82) is 0 Å². The fraction of sp³-hybridized carbons (Fsp3) is 0.200. The van der Waals surface area contributed by atoms with Crippen LogP contribution in [0.2, 0.25) is 0 Å². The summed E-state index contributed by atoms with van der Waals surface area (Å²) in [6.45, 7) is -5.14. The van der Waals surface area contributed by atoms with Crippen LogP contribution in [0, 0.1) is 0 Å². The molecule has 3 nitrogen and oxygen atoms in total. The molecular weight excluding hydrogens is 172 g/mol. The zero-order chi connectivity index (χ0) is 9.19. The van der Waals surface area contributed by atoms with Crippen molar-refractivity contribution >= 4 is 12.6 Å². The molecule has 0 aliphatic rings. The average molecular weight is 177 g/mol. The lowest BCUT2D eigenvalue weighted by atomic mass is 9.86. The van der Waals surface area contributed by atoms with Gasteiger partial charge in [-0.2, -0.15) is 0 Å². The maximum Gasteiger partial charge on any atom is 0.533 e. The SMILES string of the molecule is COc1nccnc1[B-](F)(F)F. The van der Waals surface area contributed by atoms with Crippen molar-refractivity contribution in [3.63, 3.8) is 0 Å². The molecule has 66 valence electrons. The monoisotopic (exact) mass is 177 g/mol. The van der Waals surface area contributed by atoms with Crippen LogP contribution in [0.25, 0.3) is 0 Å². The molecule has 7 heteroatoms. The van der Waals surface area contributed by atoms with Gasteiger partial charge in [-0.15, -0.1) is 0 Å². The summed E-state index contributed by atoms with van der Waals surface area (Å²) in [5, 5.41) is 0. The second-order valence-electron chi connectivity index (χ2n) is 2.03. The van der Waals surface area contributed by atoms with Crippen LogP contribution in [0.4, 0.5) is 12.9 Å². The summed E-state index contributed by atoms with van der Waals surface area (Å²) in [7, 11) is 1.12. The van der Waals surface area contributed by atoms with Crippen molar-refractivity contribution in [3.05, 3.63) is 12.4 Å². The van der Waals surface area contributed by atoms with Crippen molar-refractivity contribution in [2.75, 3.05) is 7.11 Å². The first-order valence-corrected chi connectivity index (χ1v) is 3.10. The normalized spacial score (nSPS) is 11.3. The van der Waals surface area contributed by atoms with E-state index in [0.29, 0.717) is 0 Å². The van der Waals surface area contributed by atoms with Gasteiger partial charge >= 0.3 is 6.98 Å². The third kappa shape index (κ3) is 1.66. The zero-order valence-corrected chi connectivity index (χ0v) is 6.17. The second kappa shape index (κ2) is 3.00. The minimum absolute atomic E-state index is 0.481. The van der Waals surface area contributed by atoms with E-state index in [4.69, 9.17) is 0 Å². The van der Waals surface area contributed by atoms with Crippen molar-refractivity contribution in [2.24, 2.45) is 0 Å². The van der Waals surface area contributed by atoms with E-state index in [-0.39, 0.29) is 0 Å². The van der Waals surface area contributed by atoms with Gasteiger partial charge in [0.25, 0.3) is 0 Å². The Labute approximate surface area is 66.7 Å². The Morgan fingerprint density at radius 2 is 1.83 bits per heavy atom. The molecule has 1 heterocycles. The highest BCUT2D eigenvalue weighted by atomic mass is 19.4. The predicted octanol–water partition coefficient (Wildman–Crippen LogP) is 0.540. The van der Waals surface area contributed by atoms with Crippen molar-refractivity contribution < 1.29 is 17.7 Å². The van der Waals surface area contributed by atoms with Gasteiger partial charge in [-0.25, -0.2) is 4.98 Å². The van der Waals surface area contributed by atoms with Gasteiger partial charge in [0.15, 0.2) is 0 Å². The quantitative estimate of drug-likeness (QED) is 0.618. The van der Waals surface area contributed by atoms with E-state index in [1.165, 1.54) is 0 Å². The van der Waals surface area contributed by atoms with Crippen LogP contribution in [0.3, 0.4) is 0 Å². The second-order valence-corrected chi connectivity index (χ2v) is 2.03. The van der Waals surface area contributed by atoms with Gasteiger partial charge in [-0.05, 0) is 0 Å². The lowest BCUT2D eigenvalue weighted by Gasteiger charge is -2.15. The molecule has 0 saturated heterocycles. The van der Waals surface area contributed by atoms with E-state index in [0.717, 1.165) is 19.5 Å². The van der Waals surface area contributed by atoms with E-state index in [1.54, 1.807) is 0 Å². The van der Waals surface area contributed by atoms with Gasteiger partial charge in [-0.3, -0.25) is 4.98 Å². The molecule has 0 aliphatic heterocycles. The fourth-order valence-electron chi connectivity index (χ4n) is 0.718. The molecule has 0 aliphatic carbocycles. The molecule has 0 bridgehead atoms. The largest absolute Gasteiger partial charge is 0.533 e. The first-order chi connectivity index (χ1) is 5.55. The van der Waals surface area contributed by atoms with Crippen LogP contribution in [0.5, 0.6) is 5.88 Å². The molecule has 0 amide bonds. The van der Waals surface area contributed by atoms with E-state index >= 15 is 0 Å². The van der Waals surface area contributed by atoms with E-state index in [9.17, 15) is 12.9 Å². The molecule has 1 rings (SSSR count). The van der Waals surface area contributed by atoms with Gasteiger partial charge in [0, 0.05) is 18.0 Å². The summed E-state index contributed by atoms with van der Waals surface area (Å²) < 4.78 is 40.7. The van der Waals surface area contributed by atoms with E-state index in [1.807, 2.05) is 0 Å². The first-order valence-electron chi connectivity index (χ1n) is 3.10. The minimum Gasteiger partial charge on any atom is -0.482 e. The van der Waals surface area contributed by atoms with Crippen LogP contribution in [0.1, 0.15) is 0 Å². The maximum atomic E-state index is 12.1. The molecule has 12 heavy (non-hydrogen) atoms. The summed E-state index contributed by atoms with van der Waals surface area (Å²) in [5.74, 6) is -0.481. The van der Waals surface area contributed by atoms with Crippen molar-refractivity contribution in [3.8, 4) is 5.88 Å². The first kappa shape index (κ1) is 8.83. The molecule has 0 saturated carbocycles. The minimum atomic E-state index is -5.14. The number of halogens is 3. The Balaban J connectivity index is 3.14. The number of hydrogen-bond acceptors (Lipinski definition) is 3. The Hall–Kier alpha value is -1.27. The highest BCUT2D eigenvalue weighted by molar-refractivity contribution is 6.73. The Kier molecular flexibility index (Phi) is 2.21. The standard InChI is InChI=1S/C5H5BF3N2O/c1-12-5-4(6(7,8)9)10-2-3-11-5/h2-3H,1H3/q-1. The Morgan fingerprint density at radius 3 is 2.25 bits per heavy atom. The molecule has 0 spiro atoms.